The van der Waals surface area contributed by atoms with E-state index in [9.17, 15) is 4.79 Å². The molecular weight excluding hydrogens is 308 g/mol. The predicted molar refractivity (Wildman–Crippen MR) is 79.8 cm³/mol. The molecule has 2 rings (SSSR count). The summed E-state index contributed by atoms with van der Waals surface area (Å²) in [7, 11) is 0. The van der Waals surface area contributed by atoms with E-state index in [2.05, 4.69) is 51.3 Å². The molecule has 104 valence electrons. The monoisotopic (exact) mass is 326 g/mol. The van der Waals surface area contributed by atoms with Crippen molar-refractivity contribution >= 4 is 27.6 Å². The van der Waals surface area contributed by atoms with Crippen molar-refractivity contribution in [1.82, 2.24) is 5.32 Å². The van der Waals surface area contributed by atoms with Gasteiger partial charge in [0.15, 0.2) is 0 Å². The van der Waals surface area contributed by atoms with Crippen LogP contribution < -0.4 is 10.2 Å². The zero-order valence-electron chi connectivity index (χ0n) is 11.0. The van der Waals surface area contributed by atoms with Gasteiger partial charge in [-0.2, -0.15) is 0 Å². The number of nitrogens with one attached hydrogen (secondary N) is 1. The summed E-state index contributed by atoms with van der Waals surface area (Å²) in [5.74, 6) is -0.724. The van der Waals surface area contributed by atoms with Crippen molar-refractivity contribution in [1.29, 1.82) is 0 Å². The van der Waals surface area contributed by atoms with Crippen LogP contribution in [0.5, 0.6) is 0 Å². The summed E-state index contributed by atoms with van der Waals surface area (Å²) in [5.41, 5.74) is 2.43. The van der Waals surface area contributed by atoms with Gasteiger partial charge in [-0.1, -0.05) is 15.9 Å². The van der Waals surface area contributed by atoms with E-state index in [1.165, 1.54) is 11.3 Å². The average molecular weight is 327 g/mol. The largest absolute Gasteiger partial charge is 0.481 e. The first-order chi connectivity index (χ1) is 9.06. The van der Waals surface area contributed by atoms with Crippen molar-refractivity contribution in [3.05, 3.63) is 28.2 Å². The second-order valence-corrected chi connectivity index (χ2v) is 5.82. The molecule has 1 aromatic carbocycles. The predicted octanol–water partition coefficient (Wildman–Crippen LogP) is 2.40. The lowest BCUT2D eigenvalue weighted by molar-refractivity contribution is -0.137. The first kappa shape index (κ1) is 14.3. The summed E-state index contributed by atoms with van der Waals surface area (Å²) in [5, 5.41) is 12.1. The molecule has 0 aliphatic carbocycles. The quantitative estimate of drug-likeness (QED) is 0.892. The number of carboxylic acids is 1. The third-order valence-electron chi connectivity index (χ3n) is 3.47. The van der Waals surface area contributed by atoms with Gasteiger partial charge in [-0.3, -0.25) is 4.79 Å². The topological polar surface area (TPSA) is 52.6 Å². The van der Waals surface area contributed by atoms with Gasteiger partial charge in [-0.05, 0) is 37.1 Å². The number of piperazine rings is 1. The molecule has 1 saturated heterocycles. The second-order valence-electron chi connectivity index (χ2n) is 4.96. The summed E-state index contributed by atoms with van der Waals surface area (Å²) in [4.78, 5) is 13.0. The molecule has 0 spiro atoms. The van der Waals surface area contributed by atoms with Crippen LogP contribution >= 0.6 is 15.9 Å². The molecule has 1 atom stereocenters. The number of hydrogen-bond acceptors (Lipinski definition) is 3. The lowest BCUT2D eigenvalue weighted by Crippen LogP contribution is -2.50. The van der Waals surface area contributed by atoms with Gasteiger partial charge in [-0.15, -0.1) is 0 Å². The number of carboxylic acid groups (broad SMARTS) is 1. The number of benzene rings is 1. The molecule has 1 unspecified atom stereocenters. The van der Waals surface area contributed by atoms with Crippen LogP contribution in [0.3, 0.4) is 0 Å². The molecule has 0 saturated carbocycles. The Kier molecular flexibility index (Phi) is 4.82. The van der Waals surface area contributed by atoms with Crippen molar-refractivity contribution in [2.45, 2.75) is 25.8 Å². The van der Waals surface area contributed by atoms with Crippen LogP contribution in [0.25, 0.3) is 0 Å². The first-order valence-electron chi connectivity index (χ1n) is 6.52. The fourth-order valence-electron chi connectivity index (χ4n) is 2.38. The number of hydrogen-bond donors (Lipinski definition) is 2. The summed E-state index contributed by atoms with van der Waals surface area (Å²) in [6, 6.07) is 6.60. The van der Waals surface area contributed by atoms with Crippen LogP contribution in [0.2, 0.25) is 0 Å². The lowest BCUT2D eigenvalue weighted by Gasteiger charge is -2.35. The van der Waals surface area contributed by atoms with Gasteiger partial charge in [0.05, 0.1) is 0 Å². The minimum absolute atomic E-state index is 0.227. The van der Waals surface area contributed by atoms with E-state index < -0.39 is 5.97 Å². The van der Waals surface area contributed by atoms with Gasteiger partial charge in [0.1, 0.15) is 0 Å². The van der Waals surface area contributed by atoms with Crippen LogP contribution in [-0.2, 0) is 4.79 Å². The molecule has 5 heteroatoms. The standard InChI is InChI=1S/C14H19BrN2O2/c1-10-8-12(3-4-13(10)15)17-7-6-16-11(9-17)2-5-14(18)19/h3-4,8,11,16H,2,5-7,9H2,1H3,(H,18,19). The van der Waals surface area contributed by atoms with Crippen molar-refractivity contribution in [3.63, 3.8) is 0 Å². The van der Waals surface area contributed by atoms with Crippen molar-refractivity contribution in [3.8, 4) is 0 Å². The number of halogens is 1. The number of nitrogens with zero attached hydrogens (tertiary/aromatic N) is 1. The minimum atomic E-state index is -0.724. The van der Waals surface area contributed by atoms with Crippen LogP contribution in [0, 0.1) is 6.92 Å². The highest BCUT2D eigenvalue weighted by molar-refractivity contribution is 9.10. The first-order valence-corrected chi connectivity index (χ1v) is 7.32. The highest BCUT2D eigenvalue weighted by Crippen LogP contribution is 2.24. The lowest BCUT2D eigenvalue weighted by atomic mass is 10.1. The van der Waals surface area contributed by atoms with Gasteiger partial charge in [0.25, 0.3) is 0 Å². The van der Waals surface area contributed by atoms with Gasteiger partial charge < -0.3 is 15.3 Å². The molecule has 1 aliphatic rings. The second kappa shape index (κ2) is 6.39. The Morgan fingerprint density at radius 2 is 2.37 bits per heavy atom. The molecule has 1 aromatic rings. The average Bonchev–Trinajstić information content (AvgIpc) is 2.40. The summed E-state index contributed by atoms with van der Waals surface area (Å²) >= 11 is 3.51. The zero-order chi connectivity index (χ0) is 13.8. The molecule has 2 N–H and O–H groups in total. The van der Waals surface area contributed by atoms with E-state index in [-0.39, 0.29) is 12.5 Å². The Labute approximate surface area is 121 Å². The Hall–Kier alpha value is -1.07. The van der Waals surface area contributed by atoms with E-state index >= 15 is 0 Å². The normalized spacial score (nSPS) is 19.5. The molecule has 4 nitrogen and oxygen atoms in total. The minimum Gasteiger partial charge on any atom is -0.481 e. The molecule has 0 amide bonds. The third-order valence-corrected chi connectivity index (χ3v) is 4.36. The zero-order valence-corrected chi connectivity index (χ0v) is 12.6. The molecule has 0 radical (unpaired) electrons. The SMILES string of the molecule is Cc1cc(N2CCNC(CCC(=O)O)C2)ccc1Br. The van der Waals surface area contributed by atoms with Gasteiger partial charge >= 0.3 is 5.97 Å². The van der Waals surface area contributed by atoms with Crippen molar-refractivity contribution in [2.24, 2.45) is 0 Å². The molecule has 0 aromatic heterocycles. The summed E-state index contributed by atoms with van der Waals surface area (Å²) in [6.45, 7) is 4.82. The number of rotatable bonds is 4. The van der Waals surface area contributed by atoms with E-state index in [1.807, 2.05) is 0 Å². The third kappa shape index (κ3) is 3.94. The molecule has 1 heterocycles. The number of aryl methyl sites for hydroxylation is 1. The number of anilines is 1. The molecular formula is C14H19BrN2O2. The summed E-state index contributed by atoms with van der Waals surface area (Å²) < 4.78 is 1.12. The highest BCUT2D eigenvalue weighted by Gasteiger charge is 2.20. The fraction of sp³-hybridized carbons (Fsp3) is 0.500. The maximum atomic E-state index is 10.6. The maximum Gasteiger partial charge on any atom is 0.303 e. The van der Waals surface area contributed by atoms with Crippen LogP contribution in [0.15, 0.2) is 22.7 Å². The van der Waals surface area contributed by atoms with E-state index in [1.54, 1.807) is 0 Å². The van der Waals surface area contributed by atoms with E-state index in [0.29, 0.717) is 6.42 Å². The van der Waals surface area contributed by atoms with Crippen LogP contribution in [0.4, 0.5) is 5.69 Å². The number of carbonyl (C=O) groups is 1. The summed E-state index contributed by atoms with van der Waals surface area (Å²) in [6.07, 6.45) is 0.909. The Bertz CT molecular complexity index is 465. The maximum absolute atomic E-state index is 10.6. The Morgan fingerprint density at radius 1 is 1.58 bits per heavy atom. The van der Waals surface area contributed by atoms with Crippen LogP contribution in [-0.4, -0.2) is 36.8 Å². The van der Waals surface area contributed by atoms with Gasteiger partial charge in [0.2, 0.25) is 0 Å². The van der Waals surface area contributed by atoms with Crippen molar-refractivity contribution in [2.75, 3.05) is 24.5 Å². The van der Waals surface area contributed by atoms with E-state index in [0.717, 1.165) is 24.1 Å². The van der Waals surface area contributed by atoms with Gasteiger partial charge in [0, 0.05) is 42.3 Å². The Balaban J connectivity index is 2.00. The molecule has 19 heavy (non-hydrogen) atoms. The van der Waals surface area contributed by atoms with Crippen LogP contribution in [0.1, 0.15) is 18.4 Å². The number of aliphatic carboxylic acids is 1. The Morgan fingerprint density at radius 3 is 3.05 bits per heavy atom. The molecule has 1 aliphatic heterocycles. The fourth-order valence-corrected chi connectivity index (χ4v) is 2.62. The van der Waals surface area contributed by atoms with E-state index in [4.69, 9.17) is 5.11 Å². The molecule has 1 fully saturated rings. The van der Waals surface area contributed by atoms with Crippen molar-refractivity contribution < 1.29 is 9.90 Å². The molecule has 0 bridgehead atoms. The smallest absolute Gasteiger partial charge is 0.303 e. The van der Waals surface area contributed by atoms with Gasteiger partial charge in [-0.25, -0.2) is 0 Å². The highest BCUT2D eigenvalue weighted by atomic mass is 79.9.